The van der Waals surface area contributed by atoms with Gasteiger partial charge in [0.1, 0.15) is 17.1 Å². The van der Waals surface area contributed by atoms with Crippen LogP contribution in [0.25, 0.3) is 22.1 Å². The third kappa shape index (κ3) is 3.63. The van der Waals surface area contributed by atoms with E-state index in [0.717, 1.165) is 18.4 Å². The highest BCUT2D eigenvalue weighted by Gasteiger charge is 2.16. The van der Waals surface area contributed by atoms with Crippen molar-refractivity contribution in [2.75, 3.05) is 0 Å². The zero-order valence-corrected chi connectivity index (χ0v) is 14.4. The summed E-state index contributed by atoms with van der Waals surface area (Å²) in [5, 5.41) is 0.571. The Hall–Kier alpha value is -2.88. The van der Waals surface area contributed by atoms with Gasteiger partial charge in [0.05, 0.1) is 10.9 Å². The minimum Gasteiger partial charge on any atom is -0.460 e. The van der Waals surface area contributed by atoms with Crippen molar-refractivity contribution in [1.82, 2.24) is 0 Å². The summed E-state index contributed by atoms with van der Waals surface area (Å²) in [5.74, 6) is 0.781. The van der Waals surface area contributed by atoms with Gasteiger partial charge in [-0.1, -0.05) is 37.6 Å². The number of fused-ring (bicyclic) bond motifs is 1. The fourth-order valence-electron chi connectivity index (χ4n) is 2.85. The molecule has 0 N–H and O–H groups in total. The Labute approximate surface area is 146 Å². The summed E-state index contributed by atoms with van der Waals surface area (Å²) in [4.78, 5) is 24.1. The molecule has 0 radical (unpaired) electrons. The van der Waals surface area contributed by atoms with Gasteiger partial charge in [-0.05, 0) is 36.2 Å². The van der Waals surface area contributed by atoms with E-state index in [1.54, 1.807) is 30.3 Å². The van der Waals surface area contributed by atoms with Crippen molar-refractivity contribution in [2.45, 2.75) is 33.1 Å². The molecule has 0 aliphatic heterocycles. The third-order valence-electron chi connectivity index (χ3n) is 4.03. The number of aryl methyl sites for hydroxylation is 1. The van der Waals surface area contributed by atoms with Crippen molar-refractivity contribution >= 4 is 16.9 Å². The number of benzene rings is 2. The Morgan fingerprint density at radius 2 is 1.80 bits per heavy atom. The molecule has 0 bridgehead atoms. The average Bonchev–Trinajstić information content (AvgIpc) is 2.60. The number of unbranched alkanes of at least 4 members (excludes halogenated alkanes) is 1. The van der Waals surface area contributed by atoms with Gasteiger partial charge in [0.2, 0.25) is 5.43 Å². The fourth-order valence-corrected chi connectivity index (χ4v) is 2.85. The van der Waals surface area contributed by atoms with Gasteiger partial charge in [0.25, 0.3) is 0 Å². The maximum absolute atomic E-state index is 13.0. The van der Waals surface area contributed by atoms with E-state index in [9.17, 15) is 9.59 Å². The summed E-state index contributed by atoms with van der Waals surface area (Å²) in [6.45, 7) is 3.46. The molecule has 3 rings (SSSR count). The van der Waals surface area contributed by atoms with E-state index in [-0.39, 0.29) is 11.4 Å². The van der Waals surface area contributed by atoms with Gasteiger partial charge >= 0.3 is 5.97 Å². The summed E-state index contributed by atoms with van der Waals surface area (Å²) in [5.41, 5.74) is 1.93. The number of carbonyl (C=O) groups excluding carboxylic acids is 1. The highest BCUT2D eigenvalue weighted by molar-refractivity contribution is 5.83. The van der Waals surface area contributed by atoms with Crippen LogP contribution in [-0.2, 0) is 11.2 Å². The van der Waals surface area contributed by atoms with E-state index in [0.29, 0.717) is 34.5 Å². The topological polar surface area (TPSA) is 56.5 Å². The smallest absolute Gasteiger partial charge is 0.308 e. The SMILES string of the molecule is CCCCc1oc2ccccc2c(=O)c1-c1ccc(OC(C)=O)cc1. The van der Waals surface area contributed by atoms with Gasteiger partial charge in [0, 0.05) is 13.3 Å². The number of hydrogen-bond donors (Lipinski definition) is 0. The molecule has 0 aliphatic carbocycles. The zero-order chi connectivity index (χ0) is 17.8. The van der Waals surface area contributed by atoms with E-state index >= 15 is 0 Å². The second-order valence-electron chi connectivity index (χ2n) is 5.95. The predicted molar refractivity (Wildman–Crippen MR) is 97.8 cm³/mol. The average molecular weight is 336 g/mol. The molecule has 2 aromatic carbocycles. The van der Waals surface area contributed by atoms with Crippen LogP contribution in [0.2, 0.25) is 0 Å². The first-order valence-electron chi connectivity index (χ1n) is 8.43. The predicted octanol–water partition coefficient (Wildman–Crippen LogP) is 4.73. The van der Waals surface area contributed by atoms with Crippen molar-refractivity contribution in [1.29, 1.82) is 0 Å². The van der Waals surface area contributed by atoms with Crippen molar-refractivity contribution in [3.63, 3.8) is 0 Å². The molecule has 0 spiro atoms. The molecule has 0 aliphatic rings. The molecule has 4 heteroatoms. The van der Waals surface area contributed by atoms with Crippen LogP contribution < -0.4 is 10.2 Å². The van der Waals surface area contributed by atoms with Crippen LogP contribution in [0.4, 0.5) is 0 Å². The molecule has 0 unspecified atom stereocenters. The molecule has 1 heterocycles. The molecule has 0 fully saturated rings. The number of hydrogen-bond acceptors (Lipinski definition) is 4. The zero-order valence-electron chi connectivity index (χ0n) is 14.4. The van der Waals surface area contributed by atoms with E-state index in [1.807, 2.05) is 18.2 Å². The monoisotopic (exact) mass is 336 g/mol. The van der Waals surface area contributed by atoms with Crippen LogP contribution in [0.1, 0.15) is 32.4 Å². The molecule has 0 saturated carbocycles. The highest BCUT2D eigenvalue weighted by atomic mass is 16.5. The van der Waals surface area contributed by atoms with E-state index in [4.69, 9.17) is 9.15 Å². The molecule has 128 valence electrons. The highest BCUT2D eigenvalue weighted by Crippen LogP contribution is 2.27. The molecule has 0 atom stereocenters. The van der Waals surface area contributed by atoms with Crippen LogP contribution in [0.15, 0.2) is 57.7 Å². The first-order chi connectivity index (χ1) is 12.1. The standard InChI is InChI=1S/C21H20O4/c1-3-4-8-19-20(15-10-12-16(13-11-15)24-14(2)22)21(23)17-7-5-6-9-18(17)25-19/h5-7,9-13H,3-4,8H2,1-2H3. The maximum atomic E-state index is 13.0. The van der Waals surface area contributed by atoms with E-state index < -0.39 is 0 Å². The lowest BCUT2D eigenvalue weighted by molar-refractivity contribution is -0.131. The molecule has 0 amide bonds. The van der Waals surface area contributed by atoms with Gasteiger partial charge < -0.3 is 9.15 Å². The number of rotatable bonds is 5. The minimum absolute atomic E-state index is 0.0341. The van der Waals surface area contributed by atoms with E-state index in [2.05, 4.69) is 6.92 Å². The minimum atomic E-state index is -0.374. The quantitative estimate of drug-likeness (QED) is 0.499. The molecular weight excluding hydrogens is 316 g/mol. The number of esters is 1. The number of para-hydroxylation sites is 1. The largest absolute Gasteiger partial charge is 0.460 e. The van der Waals surface area contributed by atoms with Crippen LogP contribution in [0.5, 0.6) is 5.75 Å². The second-order valence-corrected chi connectivity index (χ2v) is 5.95. The maximum Gasteiger partial charge on any atom is 0.308 e. The molecule has 25 heavy (non-hydrogen) atoms. The van der Waals surface area contributed by atoms with Crippen molar-refractivity contribution in [3.05, 3.63) is 64.5 Å². The Kier molecular flexibility index (Phi) is 4.98. The summed E-state index contributed by atoms with van der Waals surface area (Å²) in [7, 11) is 0. The molecular formula is C21H20O4. The van der Waals surface area contributed by atoms with Crippen LogP contribution in [0, 0.1) is 0 Å². The first-order valence-corrected chi connectivity index (χ1v) is 8.43. The summed E-state index contributed by atoms with van der Waals surface area (Å²) in [6.07, 6.45) is 2.67. The van der Waals surface area contributed by atoms with Gasteiger partial charge in [-0.15, -0.1) is 0 Å². The van der Waals surface area contributed by atoms with Gasteiger partial charge in [-0.2, -0.15) is 0 Å². The molecule has 3 aromatic rings. The van der Waals surface area contributed by atoms with Crippen LogP contribution in [-0.4, -0.2) is 5.97 Å². The number of ether oxygens (including phenoxy) is 1. The normalized spacial score (nSPS) is 10.8. The summed E-state index contributed by atoms with van der Waals surface area (Å²) >= 11 is 0. The van der Waals surface area contributed by atoms with Gasteiger partial charge in [-0.25, -0.2) is 0 Å². The Morgan fingerprint density at radius 3 is 2.48 bits per heavy atom. The van der Waals surface area contributed by atoms with Gasteiger partial charge in [0.15, 0.2) is 0 Å². The Morgan fingerprint density at radius 1 is 1.08 bits per heavy atom. The van der Waals surface area contributed by atoms with Crippen molar-refractivity contribution in [3.8, 4) is 16.9 Å². The van der Waals surface area contributed by atoms with E-state index in [1.165, 1.54) is 6.92 Å². The van der Waals surface area contributed by atoms with Crippen LogP contribution in [0.3, 0.4) is 0 Å². The Balaban J connectivity index is 2.14. The fraction of sp³-hybridized carbons (Fsp3) is 0.238. The lowest BCUT2D eigenvalue weighted by Gasteiger charge is -2.10. The first kappa shape index (κ1) is 17.0. The third-order valence-corrected chi connectivity index (χ3v) is 4.03. The van der Waals surface area contributed by atoms with Crippen LogP contribution >= 0.6 is 0 Å². The Bertz CT molecular complexity index is 952. The molecule has 1 aromatic heterocycles. The van der Waals surface area contributed by atoms with Gasteiger partial charge in [-0.3, -0.25) is 9.59 Å². The molecule has 0 saturated heterocycles. The summed E-state index contributed by atoms with van der Waals surface area (Å²) < 4.78 is 11.1. The summed E-state index contributed by atoms with van der Waals surface area (Å²) in [6, 6.07) is 14.2. The molecule has 4 nitrogen and oxygen atoms in total. The number of carbonyl (C=O) groups is 1. The van der Waals surface area contributed by atoms with Crippen molar-refractivity contribution < 1.29 is 13.9 Å². The van der Waals surface area contributed by atoms with Crippen molar-refractivity contribution in [2.24, 2.45) is 0 Å². The second kappa shape index (κ2) is 7.34. The lowest BCUT2D eigenvalue weighted by atomic mass is 9.99. The lowest BCUT2D eigenvalue weighted by Crippen LogP contribution is -2.09.